The molecule has 0 bridgehead atoms. The van der Waals surface area contributed by atoms with E-state index in [9.17, 15) is 58.7 Å². The van der Waals surface area contributed by atoms with E-state index in [1.54, 1.807) is 13.0 Å². The van der Waals surface area contributed by atoms with Crippen molar-refractivity contribution in [3.05, 3.63) is 100 Å². The minimum atomic E-state index is -5.13. The van der Waals surface area contributed by atoms with Gasteiger partial charge in [0.25, 0.3) is 35.9 Å². The van der Waals surface area contributed by atoms with Crippen molar-refractivity contribution in [3.63, 3.8) is 0 Å². The summed E-state index contributed by atoms with van der Waals surface area (Å²) in [6.45, 7) is 1.61. The molecule has 316 valence electrons. The topological polar surface area (TPSA) is 351 Å². The first-order valence-electron chi connectivity index (χ1n) is 16.6. The smallest absolute Gasteiger partial charge is 0.356 e. The van der Waals surface area contributed by atoms with Crippen LogP contribution in [0.3, 0.4) is 0 Å². The Morgan fingerprint density at radius 2 is 1.23 bits per heavy atom. The molecular formula is C35H28N8O15S3. The second-order valence-corrected chi connectivity index (χ2v) is 16.6. The van der Waals surface area contributed by atoms with Crippen molar-refractivity contribution in [1.82, 2.24) is 9.78 Å². The third kappa shape index (κ3) is 9.17. The van der Waals surface area contributed by atoms with Crippen molar-refractivity contribution < 1.29 is 63.4 Å². The molecule has 0 saturated carbocycles. The van der Waals surface area contributed by atoms with Crippen LogP contribution in [0, 0.1) is 6.92 Å². The van der Waals surface area contributed by atoms with Gasteiger partial charge in [-0.2, -0.15) is 30.4 Å². The summed E-state index contributed by atoms with van der Waals surface area (Å²) in [7, 11) is -11.9. The second-order valence-electron chi connectivity index (χ2n) is 12.4. The van der Waals surface area contributed by atoms with Crippen molar-refractivity contribution in [2.45, 2.75) is 21.6 Å². The van der Waals surface area contributed by atoms with Crippen LogP contribution in [0.25, 0.3) is 16.5 Å². The summed E-state index contributed by atoms with van der Waals surface area (Å²) < 4.78 is 112. The average Bonchev–Trinajstić information content (AvgIpc) is 3.53. The largest absolute Gasteiger partial charge is 0.505 e. The number of carboxylic acid groups (broad SMARTS) is 1. The number of fused-ring (bicyclic) bond motifs is 1. The van der Waals surface area contributed by atoms with E-state index in [0.717, 1.165) is 35.0 Å². The van der Waals surface area contributed by atoms with Crippen molar-refractivity contribution in [3.8, 4) is 22.9 Å². The Kier molecular flexibility index (Phi) is 11.7. The van der Waals surface area contributed by atoms with Crippen LogP contribution in [-0.2, 0) is 30.4 Å². The number of hydrogen-bond acceptors (Lipinski definition) is 17. The van der Waals surface area contributed by atoms with E-state index in [4.69, 9.17) is 9.47 Å². The maximum absolute atomic E-state index is 13.2. The molecule has 1 heterocycles. The summed E-state index contributed by atoms with van der Waals surface area (Å²) in [4.78, 5) is 23.3. The molecule has 0 aliphatic carbocycles. The van der Waals surface area contributed by atoms with Crippen molar-refractivity contribution >= 4 is 81.2 Å². The summed E-state index contributed by atoms with van der Waals surface area (Å²) in [5, 5.41) is 46.7. The standard InChI is InChI=1S/C35H28N8O15S3/c1-17-4-11-23(28(12-17)60(51,52)53)37-38-24-15-27(58-3)25(16-26(24)57-2)39-40-30-29(61(54,55)56)14-18-13-19(5-10-22(18)33(30)44)36-41-31-32(35(46)47)42-43(34(31)45)20-6-8-21(9-7-20)59(48,49)50/h4-16,42,44H,1-3H3,(H,46,47)(H,48,49,50)(H,51,52,53)(H,54,55,56). The lowest BCUT2D eigenvalue weighted by atomic mass is 10.1. The number of ether oxygens (including phenoxy) is 2. The number of hydrogen-bond donors (Lipinski definition) is 6. The number of aromatic nitrogens is 2. The molecule has 0 fully saturated rings. The van der Waals surface area contributed by atoms with E-state index in [0.29, 0.717) is 5.56 Å². The number of nitrogens with zero attached hydrogens (tertiary/aromatic N) is 7. The number of methoxy groups -OCH3 is 2. The number of rotatable bonds is 13. The molecule has 0 unspecified atom stereocenters. The quantitative estimate of drug-likeness (QED) is 0.0500. The van der Waals surface area contributed by atoms with Crippen molar-refractivity contribution in [2.75, 3.05) is 14.2 Å². The maximum atomic E-state index is 13.2. The predicted octanol–water partition coefficient (Wildman–Crippen LogP) is 7.03. The van der Waals surface area contributed by atoms with Crippen LogP contribution >= 0.6 is 0 Å². The lowest BCUT2D eigenvalue weighted by Gasteiger charge is -2.11. The maximum Gasteiger partial charge on any atom is 0.356 e. The highest BCUT2D eigenvalue weighted by molar-refractivity contribution is 7.86. The fraction of sp³-hybridized carbons (Fsp3) is 0.0857. The summed E-state index contributed by atoms with van der Waals surface area (Å²) >= 11 is 0. The molecule has 26 heteroatoms. The van der Waals surface area contributed by atoms with Crippen LogP contribution in [0.4, 0.5) is 34.1 Å². The molecule has 6 N–H and O–H groups in total. The number of benzene rings is 5. The fourth-order valence-electron chi connectivity index (χ4n) is 5.57. The Bertz CT molecular complexity index is 3270. The highest BCUT2D eigenvalue weighted by atomic mass is 32.2. The number of nitrogens with one attached hydrogen (secondary N) is 1. The Labute approximate surface area is 343 Å². The second kappa shape index (κ2) is 16.4. The minimum Gasteiger partial charge on any atom is -0.505 e. The van der Waals surface area contributed by atoms with Gasteiger partial charge in [-0.05, 0) is 78.5 Å². The third-order valence-corrected chi connectivity index (χ3v) is 11.1. The van der Waals surface area contributed by atoms with Gasteiger partial charge in [-0.15, -0.1) is 25.6 Å². The van der Waals surface area contributed by atoms with E-state index >= 15 is 0 Å². The number of phenolic OH excluding ortho intramolecular Hbond substituents is 1. The molecule has 1 aromatic heterocycles. The Morgan fingerprint density at radius 3 is 1.79 bits per heavy atom. The molecule has 6 aromatic rings. The first-order valence-corrected chi connectivity index (χ1v) is 21.0. The molecule has 61 heavy (non-hydrogen) atoms. The minimum absolute atomic E-state index is 0.00489. The van der Waals surface area contributed by atoms with Crippen LogP contribution in [-0.4, -0.2) is 79.1 Å². The highest BCUT2D eigenvalue weighted by Gasteiger charge is 2.24. The average molecular weight is 897 g/mol. The lowest BCUT2D eigenvalue weighted by molar-refractivity contribution is 0.0690. The SMILES string of the molecule is COc1cc(N=Nc2c(S(=O)(=O)O)cc3cc(N=Nc4c(C(=O)O)[nH]n(-c5ccc(S(=O)(=O)O)cc5)c4=O)ccc3c2O)c(OC)cc1N=Nc1ccc(C)cc1S(=O)(=O)O. The van der Waals surface area contributed by atoms with E-state index < -0.39 is 79.4 Å². The molecule has 5 aromatic carbocycles. The highest BCUT2D eigenvalue weighted by Crippen LogP contribution is 2.45. The van der Waals surface area contributed by atoms with E-state index in [1.165, 1.54) is 56.7 Å². The fourth-order valence-corrected chi connectivity index (χ4v) is 7.41. The number of aryl methyl sites for hydroxylation is 1. The van der Waals surface area contributed by atoms with Gasteiger partial charge in [0, 0.05) is 17.5 Å². The summed E-state index contributed by atoms with van der Waals surface area (Å²) in [6, 6.07) is 15.4. The number of H-pyrrole nitrogens is 1. The Balaban J connectivity index is 1.36. The summed E-state index contributed by atoms with van der Waals surface area (Å²) in [5.74, 6) is -2.45. The van der Waals surface area contributed by atoms with Crippen LogP contribution in [0.5, 0.6) is 17.2 Å². The first kappa shape index (κ1) is 43.4. The van der Waals surface area contributed by atoms with Crippen LogP contribution < -0.4 is 15.0 Å². The molecule has 0 aliphatic heterocycles. The zero-order valence-electron chi connectivity index (χ0n) is 31.2. The van der Waals surface area contributed by atoms with Gasteiger partial charge >= 0.3 is 5.97 Å². The number of phenols is 1. The Morgan fingerprint density at radius 1 is 0.656 bits per heavy atom. The molecule has 0 aliphatic rings. The van der Waals surface area contributed by atoms with E-state index in [1.807, 2.05) is 0 Å². The zero-order valence-corrected chi connectivity index (χ0v) is 33.6. The molecule has 0 spiro atoms. The molecule has 0 radical (unpaired) electrons. The number of carbonyl (C=O) groups is 1. The Hall–Kier alpha value is -7.23. The monoisotopic (exact) mass is 896 g/mol. The number of aromatic hydroxyl groups is 1. The normalized spacial score (nSPS) is 12.6. The molecule has 6 rings (SSSR count). The van der Waals surface area contributed by atoms with Gasteiger partial charge in [0.2, 0.25) is 0 Å². The molecular weight excluding hydrogens is 869 g/mol. The first-order chi connectivity index (χ1) is 28.6. The van der Waals surface area contributed by atoms with Gasteiger partial charge in [0.15, 0.2) is 17.1 Å². The van der Waals surface area contributed by atoms with Crippen molar-refractivity contribution in [2.24, 2.45) is 30.7 Å². The number of carboxylic acids is 1. The zero-order chi connectivity index (χ0) is 44.6. The molecule has 23 nitrogen and oxygen atoms in total. The molecule has 0 atom stereocenters. The lowest BCUT2D eigenvalue weighted by Crippen LogP contribution is -2.14. The predicted molar refractivity (Wildman–Crippen MR) is 212 cm³/mol. The third-order valence-electron chi connectivity index (χ3n) is 8.45. The molecule has 0 saturated heterocycles. The van der Waals surface area contributed by atoms with Crippen LogP contribution in [0.15, 0.2) is 129 Å². The summed E-state index contributed by atoms with van der Waals surface area (Å²) in [5.41, 5.74) is -3.03. The van der Waals surface area contributed by atoms with Crippen LogP contribution in [0.1, 0.15) is 16.1 Å². The van der Waals surface area contributed by atoms with Gasteiger partial charge < -0.3 is 19.7 Å². The van der Waals surface area contributed by atoms with Gasteiger partial charge in [-0.3, -0.25) is 23.6 Å². The molecule has 0 amide bonds. The van der Waals surface area contributed by atoms with Gasteiger partial charge in [0.1, 0.15) is 44.0 Å². The van der Waals surface area contributed by atoms with Gasteiger partial charge in [-0.25, -0.2) is 9.48 Å². The van der Waals surface area contributed by atoms with E-state index in [2.05, 4.69) is 35.8 Å². The van der Waals surface area contributed by atoms with Crippen LogP contribution in [0.2, 0.25) is 0 Å². The summed E-state index contributed by atoms with van der Waals surface area (Å²) in [6.07, 6.45) is 0. The van der Waals surface area contributed by atoms with Gasteiger partial charge in [0.05, 0.1) is 30.5 Å². The number of aromatic amines is 1. The van der Waals surface area contributed by atoms with Crippen molar-refractivity contribution in [1.29, 1.82) is 0 Å². The number of aromatic carboxylic acids is 1. The number of azo groups is 3. The van der Waals surface area contributed by atoms with E-state index in [-0.39, 0.29) is 50.7 Å². The van der Waals surface area contributed by atoms with Gasteiger partial charge in [-0.1, -0.05) is 6.07 Å².